The van der Waals surface area contributed by atoms with Gasteiger partial charge in [-0.3, -0.25) is 9.69 Å². The average Bonchev–Trinajstić information content (AvgIpc) is 2.70. The van der Waals surface area contributed by atoms with Crippen molar-refractivity contribution >= 4 is 21.8 Å². The molecule has 1 fully saturated rings. The molecule has 2 aromatic carbocycles. The molecule has 1 heterocycles. The van der Waals surface area contributed by atoms with Gasteiger partial charge in [-0.05, 0) is 36.8 Å². The molecular formula is C21H25BrN2O3. The van der Waals surface area contributed by atoms with Gasteiger partial charge in [-0.2, -0.15) is 0 Å². The molecule has 0 aliphatic carbocycles. The van der Waals surface area contributed by atoms with Gasteiger partial charge >= 0.3 is 0 Å². The van der Waals surface area contributed by atoms with Crippen molar-refractivity contribution in [1.29, 1.82) is 0 Å². The monoisotopic (exact) mass is 432 g/mol. The SMILES string of the molecule is CC(Oc1ccc(Br)cc1)C(=O)NC(CN1CCOCC1)c1ccccc1. The lowest BCUT2D eigenvalue weighted by Gasteiger charge is -2.31. The predicted octanol–water partition coefficient (Wildman–Crippen LogP) is 3.41. The van der Waals surface area contributed by atoms with Crippen LogP contribution >= 0.6 is 15.9 Å². The molecule has 1 aliphatic rings. The Morgan fingerprint density at radius 1 is 1.15 bits per heavy atom. The molecular weight excluding hydrogens is 408 g/mol. The number of nitrogens with one attached hydrogen (secondary N) is 1. The molecule has 2 aromatic rings. The Balaban J connectivity index is 1.64. The molecule has 1 aliphatic heterocycles. The molecule has 0 radical (unpaired) electrons. The summed E-state index contributed by atoms with van der Waals surface area (Å²) in [7, 11) is 0. The van der Waals surface area contributed by atoms with Gasteiger partial charge < -0.3 is 14.8 Å². The van der Waals surface area contributed by atoms with Gasteiger partial charge in [0.1, 0.15) is 5.75 Å². The average molecular weight is 433 g/mol. The fraction of sp³-hybridized carbons (Fsp3) is 0.381. The highest BCUT2D eigenvalue weighted by Gasteiger charge is 2.23. The Labute approximate surface area is 168 Å². The predicted molar refractivity (Wildman–Crippen MR) is 109 cm³/mol. The second-order valence-electron chi connectivity index (χ2n) is 6.60. The number of amides is 1. The van der Waals surface area contributed by atoms with Crippen LogP contribution in [0.4, 0.5) is 0 Å². The Morgan fingerprint density at radius 2 is 1.81 bits per heavy atom. The molecule has 1 saturated heterocycles. The van der Waals surface area contributed by atoms with E-state index in [0.717, 1.165) is 42.9 Å². The van der Waals surface area contributed by atoms with Crippen molar-refractivity contribution < 1.29 is 14.3 Å². The summed E-state index contributed by atoms with van der Waals surface area (Å²) in [5, 5.41) is 3.16. The zero-order valence-electron chi connectivity index (χ0n) is 15.4. The fourth-order valence-electron chi connectivity index (χ4n) is 3.02. The van der Waals surface area contributed by atoms with Crippen molar-refractivity contribution in [2.45, 2.75) is 19.1 Å². The van der Waals surface area contributed by atoms with Crippen molar-refractivity contribution in [3.05, 3.63) is 64.6 Å². The highest BCUT2D eigenvalue weighted by molar-refractivity contribution is 9.10. The maximum absolute atomic E-state index is 12.8. The maximum Gasteiger partial charge on any atom is 0.261 e. The molecule has 2 unspecified atom stereocenters. The topological polar surface area (TPSA) is 50.8 Å². The highest BCUT2D eigenvalue weighted by atomic mass is 79.9. The number of halogens is 1. The first-order valence-electron chi connectivity index (χ1n) is 9.19. The van der Waals surface area contributed by atoms with E-state index in [9.17, 15) is 4.79 Å². The van der Waals surface area contributed by atoms with Gasteiger partial charge in [-0.1, -0.05) is 46.3 Å². The van der Waals surface area contributed by atoms with E-state index in [1.807, 2.05) is 54.6 Å². The minimum Gasteiger partial charge on any atom is -0.481 e. The number of carbonyl (C=O) groups is 1. The molecule has 1 amide bonds. The van der Waals surface area contributed by atoms with E-state index in [0.29, 0.717) is 5.75 Å². The van der Waals surface area contributed by atoms with Gasteiger partial charge in [0.25, 0.3) is 5.91 Å². The van der Waals surface area contributed by atoms with Crippen LogP contribution in [0.1, 0.15) is 18.5 Å². The number of nitrogens with zero attached hydrogens (tertiary/aromatic N) is 1. The Morgan fingerprint density at radius 3 is 2.48 bits per heavy atom. The van der Waals surface area contributed by atoms with E-state index < -0.39 is 6.10 Å². The molecule has 144 valence electrons. The molecule has 0 saturated carbocycles. The number of hydrogen-bond donors (Lipinski definition) is 1. The summed E-state index contributed by atoms with van der Waals surface area (Å²) in [6.07, 6.45) is -0.581. The van der Waals surface area contributed by atoms with Crippen LogP contribution in [-0.4, -0.2) is 49.8 Å². The van der Waals surface area contributed by atoms with Crippen molar-refractivity contribution in [2.24, 2.45) is 0 Å². The molecule has 27 heavy (non-hydrogen) atoms. The van der Waals surface area contributed by atoms with Crippen molar-refractivity contribution in [3.63, 3.8) is 0 Å². The second kappa shape index (κ2) is 9.88. The zero-order chi connectivity index (χ0) is 19.1. The summed E-state index contributed by atoms with van der Waals surface area (Å²) in [5.41, 5.74) is 1.09. The van der Waals surface area contributed by atoms with Crippen LogP contribution in [0.15, 0.2) is 59.1 Å². The minimum atomic E-state index is -0.581. The number of hydrogen-bond acceptors (Lipinski definition) is 4. The van der Waals surface area contributed by atoms with Gasteiger partial charge in [-0.25, -0.2) is 0 Å². The van der Waals surface area contributed by atoms with Crippen LogP contribution in [0.2, 0.25) is 0 Å². The van der Waals surface area contributed by atoms with Gasteiger partial charge in [-0.15, -0.1) is 0 Å². The number of rotatable bonds is 7. The van der Waals surface area contributed by atoms with E-state index in [4.69, 9.17) is 9.47 Å². The van der Waals surface area contributed by atoms with Crippen molar-refractivity contribution in [2.75, 3.05) is 32.8 Å². The first-order chi connectivity index (χ1) is 13.1. The molecule has 0 spiro atoms. The molecule has 0 aromatic heterocycles. The van der Waals surface area contributed by atoms with E-state index in [-0.39, 0.29) is 11.9 Å². The van der Waals surface area contributed by atoms with Crippen molar-refractivity contribution in [1.82, 2.24) is 10.2 Å². The summed E-state index contributed by atoms with van der Waals surface area (Å²) in [4.78, 5) is 15.1. The highest BCUT2D eigenvalue weighted by Crippen LogP contribution is 2.19. The lowest BCUT2D eigenvalue weighted by atomic mass is 10.1. The zero-order valence-corrected chi connectivity index (χ0v) is 17.0. The molecule has 5 nitrogen and oxygen atoms in total. The third-order valence-corrected chi connectivity index (χ3v) is 5.09. The van der Waals surface area contributed by atoms with Crippen LogP contribution < -0.4 is 10.1 Å². The third kappa shape index (κ3) is 6.06. The van der Waals surface area contributed by atoms with Crippen LogP contribution in [0.3, 0.4) is 0 Å². The largest absolute Gasteiger partial charge is 0.481 e. The normalized spacial score (nSPS) is 17.1. The summed E-state index contributed by atoms with van der Waals surface area (Å²) in [6.45, 7) is 5.75. The van der Waals surface area contributed by atoms with E-state index in [1.54, 1.807) is 6.92 Å². The first kappa shape index (κ1) is 19.9. The van der Waals surface area contributed by atoms with Gasteiger partial charge in [0.15, 0.2) is 6.10 Å². The number of carbonyl (C=O) groups excluding carboxylic acids is 1. The van der Waals surface area contributed by atoms with Gasteiger partial charge in [0, 0.05) is 24.1 Å². The summed E-state index contributed by atoms with van der Waals surface area (Å²) >= 11 is 3.40. The summed E-state index contributed by atoms with van der Waals surface area (Å²) in [6, 6.07) is 17.5. The lowest BCUT2D eigenvalue weighted by Crippen LogP contribution is -2.45. The van der Waals surface area contributed by atoms with E-state index in [2.05, 4.69) is 26.1 Å². The minimum absolute atomic E-state index is 0.0900. The standard InChI is InChI=1S/C21H25BrN2O3/c1-16(27-19-9-7-18(22)8-10-19)21(25)23-20(17-5-3-2-4-6-17)15-24-11-13-26-14-12-24/h2-10,16,20H,11-15H2,1H3,(H,23,25). The van der Waals surface area contributed by atoms with Crippen LogP contribution in [-0.2, 0) is 9.53 Å². The molecule has 2 atom stereocenters. The molecule has 0 bridgehead atoms. The van der Waals surface area contributed by atoms with Crippen LogP contribution in [0.5, 0.6) is 5.75 Å². The lowest BCUT2D eigenvalue weighted by molar-refractivity contribution is -0.128. The number of benzene rings is 2. The Bertz CT molecular complexity index is 718. The van der Waals surface area contributed by atoms with Crippen molar-refractivity contribution in [3.8, 4) is 5.75 Å². The van der Waals surface area contributed by atoms with E-state index >= 15 is 0 Å². The summed E-state index contributed by atoms with van der Waals surface area (Å²) < 4.78 is 12.2. The van der Waals surface area contributed by atoms with Gasteiger partial charge in [0.2, 0.25) is 0 Å². The van der Waals surface area contributed by atoms with Gasteiger partial charge in [0.05, 0.1) is 19.3 Å². The Hall–Kier alpha value is -1.89. The maximum atomic E-state index is 12.8. The first-order valence-corrected chi connectivity index (χ1v) is 9.99. The molecule has 6 heteroatoms. The third-order valence-electron chi connectivity index (χ3n) is 4.56. The smallest absolute Gasteiger partial charge is 0.261 e. The van der Waals surface area contributed by atoms with E-state index in [1.165, 1.54) is 0 Å². The molecule has 1 N–H and O–H groups in total. The van der Waals surface area contributed by atoms with Crippen LogP contribution in [0, 0.1) is 0 Å². The second-order valence-corrected chi connectivity index (χ2v) is 7.51. The molecule has 3 rings (SSSR count). The van der Waals surface area contributed by atoms with Crippen LogP contribution in [0.25, 0.3) is 0 Å². The quantitative estimate of drug-likeness (QED) is 0.728. The number of ether oxygens (including phenoxy) is 2. The summed E-state index contributed by atoms with van der Waals surface area (Å²) in [5.74, 6) is 0.547. The fourth-order valence-corrected chi connectivity index (χ4v) is 3.29. The number of morpholine rings is 1. The Kier molecular flexibility index (Phi) is 7.26.